The molecule has 2 rings (SSSR count). The van der Waals surface area contributed by atoms with Crippen molar-refractivity contribution >= 4 is 18.5 Å². The molecule has 0 atom stereocenters. The molecular formula is C8H11N3OS. The van der Waals surface area contributed by atoms with Gasteiger partial charge in [-0.05, 0) is 12.2 Å². The molecule has 0 saturated carbocycles. The monoisotopic (exact) mass is 197 g/mol. The van der Waals surface area contributed by atoms with Crippen molar-refractivity contribution < 1.29 is 4.79 Å². The number of carbonyl (C=O) groups excluding carboxylic acids is 1. The average Bonchev–Trinajstić information content (AvgIpc) is 2.44. The van der Waals surface area contributed by atoms with Crippen LogP contribution in [-0.2, 0) is 24.3 Å². The molecule has 0 amide bonds. The number of nitrogens with zero attached hydrogens (tertiary/aromatic N) is 1. The number of aromatic nitrogens is 2. The molecule has 1 aromatic rings. The zero-order chi connectivity index (χ0) is 9.26. The number of imidazole rings is 1. The highest BCUT2D eigenvalue weighted by Crippen LogP contribution is 2.12. The highest BCUT2D eigenvalue weighted by Gasteiger charge is 2.14. The molecule has 0 bridgehead atoms. The summed E-state index contributed by atoms with van der Waals surface area (Å²) in [4.78, 5) is 13.5. The van der Waals surface area contributed by atoms with Gasteiger partial charge in [0.2, 0.25) is 0 Å². The highest BCUT2D eigenvalue weighted by molar-refractivity contribution is 7.71. The van der Waals surface area contributed by atoms with E-state index in [0.29, 0.717) is 11.3 Å². The third-order valence-electron chi connectivity index (χ3n) is 2.27. The number of carbonyl (C=O) groups is 1. The Bertz CT molecular complexity index is 379. The lowest BCUT2D eigenvalue weighted by Crippen LogP contribution is -2.25. The van der Waals surface area contributed by atoms with E-state index in [9.17, 15) is 4.79 Å². The van der Waals surface area contributed by atoms with Crippen LogP contribution in [-0.4, -0.2) is 22.4 Å². The third-order valence-corrected chi connectivity index (χ3v) is 2.60. The minimum atomic E-state index is 0.366. The predicted octanol–water partition coefficient (Wildman–Crippen LogP) is 0.390. The van der Waals surface area contributed by atoms with Crippen molar-refractivity contribution in [1.29, 1.82) is 0 Å². The Morgan fingerprint density at radius 3 is 3.23 bits per heavy atom. The number of hydrogen-bond donors (Lipinski definition) is 2. The molecule has 0 aromatic carbocycles. The zero-order valence-electron chi connectivity index (χ0n) is 7.17. The van der Waals surface area contributed by atoms with E-state index in [4.69, 9.17) is 12.2 Å². The largest absolute Gasteiger partial charge is 0.333 e. The average molecular weight is 197 g/mol. The van der Waals surface area contributed by atoms with Gasteiger partial charge in [-0.2, -0.15) is 0 Å². The Morgan fingerprint density at radius 1 is 1.62 bits per heavy atom. The van der Waals surface area contributed by atoms with Crippen LogP contribution < -0.4 is 5.32 Å². The van der Waals surface area contributed by atoms with Gasteiger partial charge in [-0.1, -0.05) is 0 Å². The summed E-state index contributed by atoms with van der Waals surface area (Å²) in [6.45, 7) is 2.15. The van der Waals surface area contributed by atoms with E-state index in [1.165, 1.54) is 5.69 Å². The number of hydrogen-bond acceptors (Lipinski definition) is 3. The van der Waals surface area contributed by atoms with Gasteiger partial charge in [0.25, 0.3) is 0 Å². The first kappa shape index (κ1) is 8.65. The first-order valence-corrected chi connectivity index (χ1v) is 4.68. The standard InChI is InChI=1S/C8H11N3OS/c12-4-3-11-7-1-2-9-5-6(7)10-8(11)13/h4,9H,1-3,5H2,(H,10,13). The molecule has 13 heavy (non-hydrogen) atoms. The molecule has 2 heterocycles. The van der Waals surface area contributed by atoms with Gasteiger partial charge in [-0.3, -0.25) is 0 Å². The Labute approximate surface area is 81.0 Å². The molecule has 1 aromatic heterocycles. The van der Waals surface area contributed by atoms with Crippen LogP contribution in [0.4, 0.5) is 0 Å². The van der Waals surface area contributed by atoms with Crippen molar-refractivity contribution in [2.45, 2.75) is 19.5 Å². The van der Waals surface area contributed by atoms with Crippen molar-refractivity contribution in [2.75, 3.05) is 6.54 Å². The SMILES string of the molecule is O=CCn1c2c([nH]c1=S)CNCC2. The second-order valence-electron chi connectivity index (χ2n) is 3.06. The van der Waals surface area contributed by atoms with Gasteiger partial charge in [0, 0.05) is 25.2 Å². The maximum Gasteiger partial charge on any atom is 0.178 e. The molecule has 0 aliphatic carbocycles. The van der Waals surface area contributed by atoms with E-state index in [2.05, 4.69) is 10.3 Å². The summed E-state index contributed by atoms with van der Waals surface area (Å²) in [7, 11) is 0. The first-order valence-electron chi connectivity index (χ1n) is 4.28. The Balaban J connectivity index is 2.48. The number of aromatic amines is 1. The molecule has 2 N–H and O–H groups in total. The van der Waals surface area contributed by atoms with E-state index in [1.807, 2.05) is 4.57 Å². The molecule has 1 aliphatic rings. The van der Waals surface area contributed by atoms with Crippen LogP contribution in [0.5, 0.6) is 0 Å². The normalized spacial score (nSPS) is 15.4. The second-order valence-corrected chi connectivity index (χ2v) is 3.45. The van der Waals surface area contributed by atoms with Crippen molar-refractivity contribution in [3.05, 3.63) is 16.2 Å². The van der Waals surface area contributed by atoms with Crippen molar-refractivity contribution in [2.24, 2.45) is 0 Å². The van der Waals surface area contributed by atoms with Crippen LogP contribution in [0.15, 0.2) is 0 Å². The van der Waals surface area contributed by atoms with Crippen LogP contribution in [0.1, 0.15) is 11.4 Å². The second kappa shape index (κ2) is 3.43. The topological polar surface area (TPSA) is 49.8 Å². The summed E-state index contributed by atoms with van der Waals surface area (Å²) in [5.41, 5.74) is 2.30. The number of rotatable bonds is 2. The van der Waals surface area contributed by atoms with Crippen molar-refractivity contribution in [3.8, 4) is 0 Å². The van der Waals surface area contributed by atoms with Crippen LogP contribution >= 0.6 is 12.2 Å². The van der Waals surface area contributed by atoms with Gasteiger partial charge in [-0.25, -0.2) is 0 Å². The maximum atomic E-state index is 10.4. The Kier molecular flexibility index (Phi) is 2.28. The van der Waals surface area contributed by atoms with Gasteiger partial charge < -0.3 is 19.7 Å². The molecular weight excluding hydrogens is 186 g/mol. The highest BCUT2D eigenvalue weighted by atomic mass is 32.1. The number of fused-ring (bicyclic) bond motifs is 1. The summed E-state index contributed by atoms with van der Waals surface area (Å²) in [5.74, 6) is 0. The maximum absolute atomic E-state index is 10.4. The lowest BCUT2D eigenvalue weighted by molar-refractivity contribution is -0.108. The fourth-order valence-corrected chi connectivity index (χ4v) is 1.98. The van der Waals surface area contributed by atoms with Gasteiger partial charge in [-0.15, -0.1) is 0 Å². The predicted molar refractivity (Wildman–Crippen MR) is 51.1 cm³/mol. The molecule has 0 radical (unpaired) electrons. The molecule has 0 spiro atoms. The quantitative estimate of drug-likeness (QED) is 0.532. The van der Waals surface area contributed by atoms with Gasteiger partial charge in [0.05, 0.1) is 12.2 Å². The first-order chi connectivity index (χ1) is 6.33. The van der Waals surface area contributed by atoms with E-state index in [0.717, 1.165) is 31.5 Å². The van der Waals surface area contributed by atoms with Crippen molar-refractivity contribution in [3.63, 3.8) is 0 Å². The summed E-state index contributed by atoms with van der Waals surface area (Å²) in [5, 5.41) is 3.24. The summed E-state index contributed by atoms with van der Waals surface area (Å²) in [6.07, 6.45) is 1.82. The molecule has 5 heteroatoms. The van der Waals surface area contributed by atoms with E-state index < -0.39 is 0 Å². The molecule has 70 valence electrons. The van der Waals surface area contributed by atoms with E-state index in [-0.39, 0.29) is 0 Å². The molecule has 1 aliphatic heterocycles. The smallest absolute Gasteiger partial charge is 0.178 e. The fourth-order valence-electron chi connectivity index (χ4n) is 1.67. The lowest BCUT2D eigenvalue weighted by atomic mass is 10.2. The number of aldehydes is 1. The minimum absolute atomic E-state index is 0.366. The summed E-state index contributed by atoms with van der Waals surface area (Å²) in [6, 6.07) is 0. The lowest BCUT2D eigenvalue weighted by Gasteiger charge is -2.13. The number of nitrogens with one attached hydrogen (secondary N) is 2. The van der Waals surface area contributed by atoms with Gasteiger partial charge >= 0.3 is 0 Å². The molecule has 4 nitrogen and oxygen atoms in total. The zero-order valence-corrected chi connectivity index (χ0v) is 7.99. The fraction of sp³-hybridized carbons (Fsp3) is 0.500. The minimum Gasteiger partial charge on any atom is -0.333 e. The summed E-state index contributed by atoms with van der Waals surface area (Å²) < 4.78 is 2.53. The van der Waals surface area contributed by atoms with E-state index >= 15 is 0 Å². The number of H-pyrrole nitrogens is 1. The van der Waals surface area contributed by atoms with Crippen LogP contribution in [0.3, 0.4) is 0 Å². The van der Waals surface area contributed by atoms with Gasteiger partial charge in [0.15, 0.2) is 4.77 Å². The Hall–Kier alpha value is -0.940. The van der Waals surface area contributed by atoms with E-state index in [1.54, 1.807) is 0 Å². The third kappa shape index (κ3) is 1.45. The molecule has 0 fully saturated rings. The molecule has 0 unspecified atom stereocenters. The van der Waals surface area contributed by atoms with Gasteiger partial charge in [0.1, 0.15) is 6.29 Å². The van der Waals surface area contributed by atoms with Crippen LogP contribution in [0.2, 0.25) is 0 Å². The van der Waals surface area contributed by atoms with Crippen LogP contribution in [0, 0.1) is 4.77 Å². The van der Waals surface area contributed by atoms with Crippen molar-refractivity contribution in [1.82, 2.24) is 14.9 Å². The Morgan fingerprint density at radius 2 is 2.46 bits per heavy atom. The summed E-state index contributed by atoms with van der Waals surface area (Å²) >= 11 is 5.11. The van der Waals surface area contributed by atoms with Crippen LogP contribution in [0.25, 0.3) is 0 Å². The molecule has 0 saturated heterocycles.